The number of nitrogens with one attached hydrogen (secondary N) is 3. The average molecular weight is 594 g/mol. The highest BCUT2D eigenvalue weighted by molar-refractivity contribution is 6.07. The van der Waals surface area contributed by atoms with Crippen molar-refractivity contribution < 1.29 is 23.5 Å². The maximum Gasteiger partial charge on any atom is 0.322 e. The molecule has 3 N–H and O–H groups in total. The van der Waals surface area contributed by atoms with Gasteiger partial charge in [-0.25, -0.2) is 9.18 Å². The lowest BCUT2D eigenvalue weighted by molar-refractivity contribution is -0.123. The molecule has 6 rings (SSSR count). The molecule has 224 valence electrons. The number of benzene rings is 3. The predicted octanol–water partition coefficient (Wildman–Crippen LogP) is 5.22. The standard InChI is InChI=1S/C34H32FN5O4/c1-20-23(8-6-9-24(20)25-10-7-12-28(21(25)2)37-31(41)29-11-4-5-14-36-29)22-16-27(35)26(30(17-22)44-3)18-40-15-13-34(19-40)32(42)38-33(43)39-34/h4-12,14,16-17H,13,15,18-19H2,1-3H3,(H,37,41)(H2,38,39,42,43). The number of carbonyl (C=O) groups is 3. The molecule has 2 aliphatic heterocycles. The monoisotopic (exact) mass is 593 g/mol. The quantitative estimate of drug-likeness (QED) is 0.254. The number of imide groups is 1. The molecular weight excluding hydrogens is 561 g/mol. The van der Waals surface area contributed by atoms with Crippen molar-refractivity contribution in [3.8, 4) is 28.0 Å². The number of urea groups is 1. The molecule has 44 heavy (non-hydrogen) atoms. The van der Waals surface area contributed by atoms with E-state index >= 15 is 4.39 Å². The first-order valence-electron chi connectivity index (χ1n) is 14.3. The second-order valence-electron chi connectivity index (χ2n) is 11.2. The van der Waals surface area contributed by atoms with Crippen LogP contribution in [0.2, 0.25) is 0 Å². The first-order chi connectivity index (χ1) is 21.2. The summed E-state index contributed by atoms with van der Waals surface area (Å²) in [7, 11) is 1.51. The van der Waals surface area contributed by atoms with Gasteiger partial charge in [-0.15, -0.1) is 0 Å². The van der Waals surface area contributed by atoms with E-state index in [1.807, 2.05) is 61.2 Å². The molecule has 3 heterocycles. The average Bonchev–Trinajstić information content (AvgIpc) is 3.55. The number of ether oxygens (including phenoxy) is 1. The van der Waals surface area contributed by atoms with Gasteiger partial charge in [0.1, 0.15) is 22.8 Å². The van der Waals surface area contributed by atoms with E-state index in [-0.39, 0.29) is 24.9 Å². The molecule has 0 aliphatic carbocycles. The Bertz CT molecular complexity index is 1790. The zero-order chi connectivity index (χ0) is 31.0. The number of likely N-dealkylation sites (tertiary alicyclic amines) is 1. The number of hydrogen-bond acceptors (Lipinski definition) is 6. The first kappa shape index (κ1) is 29.0. The van der Waals surface area contributed by atoms with Gasteiger partial charge in [0.05, 0.1) is 7.11 Å². The van der Waals surface area contributed by atoms with Gasteiger partial charge >= 0.3 is 6.03 Å². The lowest BCUT2D eigenvalue weighted by Gasteiger charge is -2.22. The van der Waals surface area contributed by atoms with E-state index in [1.165, 1.54) is 13.2 Å². The van der Waals surface area contributed by atoms with Gasteiger partial charge in [0.25, 0.3) is 11.8 Å². The SMILES string of the molecule is COc1cc(-c2cccc(-c3cccc(NC(=O)c4ccccn4)c3C)c2C)cc(F)c1CN1CCC2(C1)NC(=O)NC2=O. The third-order valence-electron chi connectivity index (χ3n) is 8.53. The summed E-state index contributed by atoms with van der Waals surface area (Å²) in [5.41, 5.74) is 5.67. The van der Waals surface area contributed by atoms with Gasteiger partial charge in [-0.1, -0.05) is 36.4 Å². The molecule has 4 aromatic rings. The molecule has 1 aromatic heterocycles. The van der Waals surface area contributed by atoms with Crippen molar-refractivity contribution in [2.45, 2.75) is 32.4 Å². The molecule has 0 saturated carbocycles. The Morgan fingerprint density at radius 3 is 2.48 bits per heavy atom. The minimum atomic E-state index is -0.977. The number of anilines is 1. The van der Waals surface area contributed by atoms with Crippen LogP contribution in [-0.2, 0) is 11.3 Å². The van der Waals surface area contributed by atoms with Crippen molar-refractivity contribution in [2.75, 3.05) is 25.5 Å². The lowest BCUT2D eigenvalue weighted by atomic mass is 9.90. The van der Waals surface area contributed by atoms with E-state index in [0.29, 0.717) is 41.2 Å². The minimum absolute atomic E-state index is 0.232. The number of hydrogen-bond donors (Lipinski definition) is 3. The second-order valence-corrected chi connectivity index (χ2v) is 11.2. The third-order valence-corrected chi connectivity index (χ3v) is 8.53. The van der Waals surface area contributed by atoms with E-state index in [2.05, 4.69) is 20.9 Å². The number of halogens is 1. The molecule has 2 fully saturated rings. The fraction of sp³-hybridized carbons (Fsp3) is 0.235. The van der Waals surface area contributed by atoms with Crippen molar-refractivity contribution in [2.24, 2.45) is 0 Å². The van der Waals surface area contributed by atoms with Gasteiger partial charge in [-0.3, -0.25) is 24.8 Å². The minimum Gasteiger partial charge on any atom is -0.496 e. The zero-order valence-corrected chi connectivity index (χ0v) is 24.7. The number of pyridine rings is 1. The van der Waals surface area contributed by atoms with Crippen molar-refractivity contribution in [1.82, 2.24) is 20.5 Å². The molecule has 0 bridgehead atoms. The van der Waals surface area contributed by atoms with E-state index in [0.717, 1.165) is 27.8 Å². The number of aromatic nitrogens is 1. The summed E-state index contributed by atoms with van der Waals surface area (Å²) in [6, 6.07) is 19.7. The van der Waals surface area contributed by atoms with Crippen molar-refractivity contribution >= 4 is 23.5 Å². The van der Waals surface area contributed by atoms with Gasteiger partial charge in [-0.05, 0) is 84.0 Å². The number of methoxy groups -OCH3 is 1. The van der Waals surface area contributed by atoms with Crippen LogP contribution in [0.1, 0.15) is 33.6 Å². The molecule has 2 aliphatic rings. The molecule has 2 saturated heterocycles. The van der Waals surface area contributed by atoms with E-state index < -0.39 is 17.4 Å². The van der Waals surface area contributed by atoms with Crippen LogP contribution in [0, 0.1) is 19.7 Å². The number of rotatable bonds is 7. The fourth-order valence-electron chi connectivity index (χ4n) is 6.15. The van der Waals surface area contributed by atoms with Crippen LogP contribution >= 0.6 is 0 Å². The molecular formula is C34H32FN5O4. The van der Waals surface area contributed by atoms with E-state index in [9.17, 15) is 14.4 Å². The van der Waals surface area contributed by atoms with Crippen LogP contribution in [0.5, 0.6) is 5.75 Å². The second kappa shape index (κ2) is 11.5. The zero-order valence-electron chi connectivity index (χ0n) is 24.7. The van der Waals surface area contributed by atoms with Gasteiger partial charge < -0.3 is 15.4 Å². The summed E-state index contributed by atoms with van der Waals surface area (Å²) in [5.74, 6) is -0.652. The molecule has 1 spiro atoms. The van der Waals surface area contributed by atoms with Crippen LogP contribution in [0.4, 0.5) is 14.9 Å². The van der Waals surface area contributed by atoms with Crippen molar-refractivity contribution in [3.05, 3.63) is 101 Å². The maximum atomic E-state index is 15.8. The highest BCUT2D eigenvalue weighted by Crippen LogP contribution is 2.38. The van der Waals surface area contributed by atoms with Crippen LogP contribution in [0.3, 0.4) is 0 Å². The molecule has 1 unspecified atom stereocenters. The Balaban J connectivity index is 1.28. The summed E-state index contributed by atoms with van der Waals surface area (Å²) in [4.78, 5) is 42.9. The van der Waals surface area contributed by atoms with Crippen molar-refractivity contribution in [3.63, 3.8) is 0 Å². The summed E-state index contributed by atoms with van der Waals surface area (Å²) < 4.78 is 21.4. The Morgan fingerprint density at radius 2 is 1.77 bits per heavy atom. The summed E-state index contributed by atoms with van der Waals surface area (Å²) >= 11 is 0. The Hall–Kier alpha value is -5.09. The van der Waals surface area contributed by atoms with Crippen LogP contribution in [-0.4, -0.2) is 53.5 Å². The normalized spacial score (nSPS) is 17.9. The molecule has 9 nitrogen and oxygen atoms in total. The Labute approximate surface area is 254 Å². The fourth-order valence-corrected chi connectivity index (χ4v) is 6.15. The smallest absolute Gasteiger partial charge is 0.322 e. The summed E-state index contributed by atoms with van der Waals surface area (Å²) in [5, 5.41) is 8.00. The van der Waals surface area contributed by atoms with Gasteiger partial charge in [0, 0.05) is 37.1 Å². The summed E-state index contributed by atoms with van der Waals surface area (Å²) in [6.45, 7) is 4.99. The lowest BCUT2D eigenvalue weighted by Crippen LogP contribution is -2.48. The number of carbonyl (C=O) groups excluding carboxylic acids is 3. The topological polar surface area (TPSA) is 113 Å². The first-order valence-corrected chi connectivity index (χ1v) is 14.3. The van der Waals surface area contributed by atoms with E-state index in [4.69, 9.17) is 4.74 Å². The highest BCUT2D eigenvalue weighted by atomic mass is 19.1. The molecule has 3 aromatic carbocycles. The largest absolute Gasteiger partial charge is 0.496 e. The summed E-state index contributed by atoms with van der Waals surface area (Å²) in [6.07, 6.45) is 2.03. The van der Waals surface area contributed by atoms with E-state index in [1.54, 1.807) is 24.4 Å². The molecule has 1 atom stereocenters. The number of amides is 4. The molecule has 0 radical (unpaired) electrons. The van der Waals surface area contributed by atoms with Crippen molar-refractivity contribution in [1.29, 1.82) is 0 Å². The van der Waals surface area contributed by atoms with Gasteiger partial charge in [-0.2, -0.15) is 0 Å². The molecule has 10 heteroatoms. The maximum absolute atomic E-state index is 15.8. The van der Waals surface area contributed by atoms with Gasteiger partial charge in [0.2, 0.25) is 0 Å². The van der Waals surface area contributed by atoms with Crippen LogP contribution < -0.4 is 20.7 Å². The highest BCUT2D eigenvalue weighted by Gasteiger charge is 2.50. The van der Waals surface area contributed by atoms with Crippen LogP contribution in [0.25, 0.3) is 22.3 Å². The Morgan fingerprint density at radius 1 is 1.02 bits per heavy atom. The number of nitrogens with zero attached hydrogens (tertiary/aromatic N) is 2. The van der Waals surface area contributed by atoms with Gasteiger partial charge in [0.15, 0.2) is 0 Å². The Kier molecular flexibility index (Phi) is 7.60. The molecule has 4 amide bonds. The predicted molar refractivity (Wildman–Crippen MR) is 165 cm³/mol. The third kappa shape index (κ3) is 5.28. The van der Waals surface area contributed by atoms with Crippen LogP contribution in [0.15, 0.2) is 72.9 Å².